The molecule has 0 saturated heterocycles. The van der Waals surface area contributed by atoms with Gasteiger partial charge < -0.3 is 20.1 Å². The predicted molar refractivity (Wildman–Crippen MR) is 93.4 cm³/mol. The van der Waals surface area contributed by atoms with Crippen molar-refractivity contribution < 1.29 is 14.3 Å². The highest BCUT2D eigenvalue weighted by atomic mass is 16.5. The van der Waals surface area contributed by atoms with E-state index in [9.17, 15) is 4.79 Å². The largest absolute Gasteiger partial charge is 0.492 e. The molecule has 4 rings (SSSR count). The van der Waals surface area contributed by atoms with Crippen molar-refractivity contribution in [1.82, 2.24) is 15.5 Å². The number of benzene rings is 1. The van der Waals surface area contributed by atoms with Crippen molar-refractivity contribution in [1.29, 1.82) is 0 Å². The predicted octanol–water partition coefficient (Wildman–Crippen LogP) is 2.03. The fraction of sp³-hybridized carbons (Fsp3) is 0.444. The van der Waals surface area contributed by atoms with Gasteiger partial charge >= 0.3 is 0 Å². The maximum Gasteiger partial charge on any atom is 0.276 e. The molecule has 1 atom stereocenters. The number of aromatic nitrogens is 2. The normalized spacial score (nSPS) is 18.2. The Labute approximate surface area is 146 Å². The van der Waals surface area contributed by atoms with Crippen LogP contribution in [0.2, 0.25) is 0 Å². The van der Waals surface area contributed by atoms with Gasteiger partial charge in [-0.15, -0.1) is 0 Å². The smallest absolute Gasteiger partial charge is 0.276 e. The topological polar surface area (TPSA) is 88.3 Å². The first-order valence-corrected chi connectivity index (χ1v) is 8.70. The third-order valence-electron chi connectivity index (χ3n) is 4.57. The number of hydrogen-bond donors (Lipinski definition) is 3. The number of H-pyrrole nitrogens is 1. The van der Waals surface area contributed by atoms with Crippen LogP contribution in [0.5, 0.6) is 11.5 Å². The van der Waals surface area contributed by atoms with Gasteiger partial charge in [-0.1, -0.05) is 0 Å². The van der Waals surface area contributed by atoms with Crippen LogP contribution in [0.1, 0.15) is 41.2 Å². The Hall–Kier alpha value is -2.54. The molecular formula is C18H22N4O3. The number of carbonyl (C=O) groups excluding carboxylic acids is 1. The summed E-state index contributed by atoms with van der Waals surface area (Å²) in [5.41, 5.74) is 4.11. The first-order chi connectivity index (χ1) is 12.2. The number of carbonyl (C=O) groups is 1. The fourth-order valence-electron chi connectivity index (χ4n) is 3.41. The van der Waals surface area contributed by atoms with Crippen molar-refractivity contribution in [2.75, 3.05) is 18.5 Å². The molecule has 1 aromatic heterocycles. The van der Waals surface area contributed by atoms with Crippen molar-refractivity contribution in [2.24, 2.45) is 0 Å². The zero-order valence-corrected chi connectivity index (χ0v) is 14.4. The highest BCUT2D eigenvalue weighted by Gasteiger charge is 2.25. The van der Waals surface area contributed by atoms with Crippen LogP contribution in [0, 0.1) is 0 Å². The maximum atomic E-state index is 12.8. The SMILES string of the molecule is CCOc1cc2c(cc1NC(=O)c1n[nH]c3c1CNCC3)OC(C)C2. The van der Waals surface area contributed by atoms with Gasteiger partial charge in [0.05, 0.1) is 12.3 Å². The van der Waals surface area contributed by atoms with Crippen LogP contribution in [0.4, 0.5) is 5.69 Å². The van der Waals surface area contributed by atoms with Crippen LogP contribution in [0.25, 0.3) is 0 Å². The monoisotopic (exact) mass is 342 g/mol. The summed E-state index contributed by atoms with van der Waals surface area (Å²) in [5, 5.41) is 13.4. The number of fused-ring (bicyclic) bond motifs is 2. The van der Waals surface area contributed by atoms with E-state index in [-0.39, 0.29) is 12.0 Å². The van der Waals surface area contributed by atoms with Gasteiger partial charge in [-0.05, 0) is 19.9 Å². The van der Waals surface area contributed by atoms with Gasteiger partial charge in [0.1, 0.15) is 17.6 Å². The van der Waals surface area contributed by atoms with E-state index in [4.69, 9.17) is 9.47 Å². The van der Waals surface area contributed by atoms with Gasteiger partial charge in [-0.25, -0.2) is 0 Å². The number of nitrogens with one attached hydrogen (secondary N) is 3. The Kier molecular flexibility index (Phi) is 4.09. The minimum atomic E-state index is -0.242. The summed E-state index contributed by atoms with van der Waals surface area (Å²) in [7, 11) is 0. The average molecular weight is 342 g/mol. The minimum absolute atomic E-state index is 0.139. The lowest BCUT2D eigenvalue weighted by Gasteiger charge is -2.15. The first kappa shape index (κ1) is 16.0. The lowest BCUT2D eigenvalue weighted by molar-refractivity contribution is 0.102. The zero-order chi connectivity index (χ0) is 17.4. The Balaban J connectivity index is 1.62. The summed E-state index contributed by atoms with van der Waals surface area (Å²) in [6, 6.07) is 3.80. The summed E-state index contributed by atoms with van der Waals surface area (Å²) in [5.74, 6) is 1.22. The Morgan fingerprint density at radius 1 is 1.48 bits per heavy atom. The number of ether oxygens (including phenoxy) is 2. The van der Waals surface area contributed by atoms with Gasteiger partial charge in [-0.2, -0.15) is 5.10 Å². The lowest BCUT2D eigenvalue weighted by Crippen LogP contribution is -2.25. The summed E-state index contributed by atoms with van der Waals surface area (Å²) in [4.78, 5) is 12.8. The van der Waals surface area contributed by atoms with E-state index >= 15 is 0 Å². The molecule has 0 fully saturated rings. The highest BCUT2D eigenvalue weighted by Crippen LogP contribution is 2.38. The number of anilines is 1. The standard InChI is InChI=1S/C18H22N4O3/c1-3-24-16-7-11-6-10(2)25-15(11)8-14(16)20-18(23)17-12-9-19-5-4-13(12)21-22-17/h7-8,10,19H,3-6,9H2,1-2H3,(H,20,23)(H,21,22). The highest BCUT2D eigenvalue weighted by molar-refractivity contribution is 6.05. The summed E-state index contributed by atoms with van der Waals surface area (Å²) in [6.45, 7) is 6.03. The maximum absolute atomic E-state index is 12.8. The van der Waals surface area contributed by atoms with Crippen molar-refractivity contribution in [3.8, 4) is 11.5 Å². The number of nitrogens with zero attached hydrogens (tertiary/aromatic N) is 1. The van der Waals surface area contributed by atoms with Crippen LogP contribution in [-0.4, -0.2) is 35.4 Å². The molecule has 132 valence electrons. The van der Waals surface area contributed by atoms with Gasteiger partial charge in [0.25, 0.3) is 5.91 Å². The lowest BCUT2D eigenvalue weighted by atomic mass is 10.1. The average Bonchev–Trinajstić information content (AvgIpc) is 3.17. The fourth-order valence-corrected chi connectivity index (χ4v) is 3.41. The number of hydrogen-bond acceptors (Lipinski definition) is 5. The van der Waals surface area contributed by atoms with Crippen LogP contribution in [0.3, 0.4) is 0 Å². The first-order valence-electron chi connectivity index (χ1n) is 8.70. The molecule has 1 unspecified atom stereocenters. The van der Waals surface area contributed by atoms with Gasteiger partial charge in [0.15, 0.2) is 5.69 Å². The molecule has 7 nitrogen and oxygen atoms in total. The third-order valence-corrected chi connectivity index (χ3v) is 4.57. The van der Waals surface area contributed by atoms with Crippen molar-refractivity contribution in [2.45, 2.75) is 39.3 Å². The minimum Gasteiger partial charge on any atom is -0.492 e. The van der Waals surface area contributed by atoms with Crippen LogP contribution in [-0.2, 0) is 19.4 Å². The molecule has 1 amide bonds. The number of rotatable bonds is 4. The summed E-state index contributed by atoms with van der Waals surface area (Å²) >= 11 is 0. The Morgan fingerprint density at radius 2 is 2.36 bits per heavy atom. The molecule has 3 N–H and O–H groups in total. The molecule has 2 aliphatic rings. The molecule has 3 heterocycles. The molecule has 2 aliphatic heterocycles. The molecular weight excluding hydrogens is 320 g/mol. The molecule has 2 aromatic rings. The van der Waals surface area contributed by atoms with Crippen LogP contribution >= 0.6 is 0 Å². The molecule has 1 aromatic carbocycles. The number of aromatic amines is 1. The molecule has 25 heavy (non-hydrogen) atoms. The van der Waals surface area contributed by atoms with Gasteiger partial charge in [0.2, 0.25) is 0 Å². The zero-order valence-electron chi connectivity index (χ0n) is 14.4. The second-order valence-corrected chi connectivity index (χ2v) is 6.43. The molecule has 0 radical (unpaired) electrons. The summed E-state index contributed by atoms with van der Waals surface area (Å²) in [6.07, 6.45) is 1.84. The van der Waals surface area contributed by atoms with E-state index in [2.05, 4.69) is 20.8 Å². The molecule has 0 bridgehead atoms. The molecule has 0 saturated carbocycles. The van der Waals surface area contributed by atoms with E-state index in [1.54, 1.807) is 0 Å². The van der Waals surface area contributed by atoms with E-state index < -0.39 is 0 Å². The third kappa shape index (κ3) is 2.95. The van der Waals surface area contributed by atoms with E-state index in [0.717, 1.165) is 42.0 Å². The molecule has 0 spiro atoms. The Bertz CT molecular complexity index is 815. The second kappa shape index (κ2) is 6.40. The number of amides is 1. The van der Waals surface area contributed by atoms with E-state index in [1.165, 1.54) is 0 Å². The van der Waals surface area contributed by atoms with E-state index in [0.29, 0.717) is 30.3 Å². The molecule has 7 heteroatoms. The second-order valence-electron chi connectivity index (χ2n) is 6.43. The van der Waals surface area contributed by atoms with Crippen molar-refractivity contribution >= 4 is 11.6 Å². The quantitative estimate of drug-likeness (QED) is 0.791. The van der Waals surface area contributed by atoms with Gasteiger partial charge in [0, 0.05) is 48.8 Å². The van der Waals surface area contributed by atoms with Crippen LogP contribution in [0.15, 0.2) is 12.1 Å². The van der Waals surface area contributed by atoms with Gasteiger partial charge in [-0.3, -0.25) is 9.89 Å². The van der Waals surface area contributed by atoms with Crippen molar-refractivity contribution in [3.05, 3.63) is 34.6 Å². The summed E-state index contributed by atoms with van der Waals surface area (Å²) < 4.78 is 11.5. The van der Waals surface area contributed by atoms with Crippen LogP contribution < -0.4 is 20.1 Å². The van der Waals surface area contributed by atoms with E-state index in [1.807, 2.05) is 26.0 Å². The Morgan fingerprint density at radius 3 is 3.20 bits per heavy atom. The van der Waals surface area contributed by atoms with Crippen molar-refractivity contribution in [3.63, 3.8) is 0 Å². The molecule has 0 aliphatic carbocycles.